The summed E-state index contributed by atoms with van der Waals surface area (Å²) in [6, 6.07) is 15.1. The Morgan fingerprint density at radius 3 is 2.21 bits per heavy atom. The van der Waals surface area contributed by atoms with E-state index in [4.69, 9.17) is 19.1 Å². The Morgan fingerprint density at radius 2 is 1.68 bits per heavy atom. The van der Waals surface area contributed by atoms with Gasteiger partial charge < -0.3 is 14.0 Å². The van der Waals surface area contributed by atoms with Crippen LogP contribution in [0.4, 0.5) is 0 Å². The third-order valence-electron chi connectivity index (χ3n) is 4.13. The minimum absolute atomic E-state index is 0.0354. The molecule has 3 aromatic rings. The Morgan fingerprint density at radius 1 is 1.04 bits per heavy atom. The monoisotopic (exact) mass is 402 g/mol. The van der Waals surface area contributed by atoms with Crippen molar-refractivity contribution < 1.29 is 27.2 Å². The zero-order chi connectivity index (χ0) is 20.3. The predicted molar refractivity (Wildman–Crippen MR) is 101 cm³/mol. The van der Waals surface area contributed by atoms with E-state index in [0.29, 0.717) is 16.8 Å². The highest BCUT2D eigenvalue weighted by molar-refractivity contribution is 7.89. The van der Waals surface area contributed by atoms with Gasteiger partial charge in [0.15, 0.2) is 5.76 Å². The first-order chi connectivity index (χ1) is 13.4. The molecule has 1 heterocycles. The van der Waals surface area contributed by atoms with E-state index < -0.39 is 22.1 Å². The van der Waals surface area contributed by atoms with Crippen LogP contribution in [-0.2, 0) is 24.3 Å². The van der Waals surface area contributed by atoms with Gasteiger partial charge in [-0.15, -0.1) is 0 Å². The van der Waals surface area contributed by atoms with E-state index in [9.17, 15) is 13.2 Å². The van der Waals surface area contributed by atoms with E-state index in [1.54, 1.807) is 12.1 Å². The molecule has 9 heteroatoms. The Labute approximate surface area is 161 Å². The number of carbonyl (C=O) groups excluding carboxylic acids is 1. The maximum absolute atomic E-state index is 12.1. The van der Waals surface area contributed by atoms with E-state index in [1.165, 1.54) is 26.4 Å². The zero-order valence-electron chi connectivity index (χ0n) is 15.2. The number of methoxy groups -OCH3 is 2. The van der Waals surface area contributed by atoms with Crippen molar-refractivity contribution in [2.24, 2.45) is 5.14 Å². The number of aromatic nitrogens is 1. The number of carbonyl (C=O) groups is 1. The summed E-state index contributed by atoms with van der Waals surface area (Å²) in [5.74, 6) is -0.503. The molecule has 0 aliphatic carbocycles. The first kappa shape index (κ1) is 19.7. The fourth-order valence-corrected chi connectivity index (χ4v) is 3.30. The fourth-order valence-electron chi connectivity index (χ4n) is 2.78. The summed E-state index contributed by atoms with van der Waals surface area (Å²) >= 11 is 0. The molecule has 3 rings (SSSR count). The van der Waals surface area contributed by atoms with Crippen LogP contribution in [-0.4, -0.2) is 33.8 Å². The van der Waals surface area contributed by atoms with Crippen molar-refractivity contribution in [1.82, 2.24) is 5.16 Å². The Balaban J connectivity index is 2.21. The van der Waals surface area contributed by atoms with Crippen molar-refractivity contribution in [2.75, 3.05) is 14.2 Å². The van der Waals surface area contributed by atoms with Crippen molar-refractivity contribution in [2.45, 2.75) is 11.0 Å². The minimum Gasteiger partial charge on any atom is -0.467 e. The quantitative estimate of drug-likeness (QED) is 0.629. The van der Waals surface area contributed by atoms with Crippen molar-refractivity contribution in [3.8, 4) is 22.4 Å². The van der Waals surface area contributed by atoms with Gasteiger partial charge in [0.1, 0.15) is 5.69 Å². The van der Waals surface area contributed by atoms with Crippen molar-refractivity contribution in [3.05, 3.63) is 60.4 Å². The summed E-state index contributed by atoms with van der Waals surface area (Å²) in [5.41, 5.74) is 2.30. The van der Waals surface area contributed by atoms with Gasteiger partial charge in [0.05, 0.1) is 17.6 Å². The number of hydrogen-bond acceptors (Lipinski definition) is 7. The Hall–Kier alpha value is -3.01. The number of primary sulfonamides is 1. The average molecular weight is 402 g/mol. The maximum atomic E-state index is 12.1. The SMILES string of the molecule is COC(=O)C(OC)c1onc(-c2ccccc2)c1-c1ccc(S(N)(=O)=O)cc1. The van der Waals surface area contributed by atoms with E-state index in [-0.39, 0.29) is 10.7 Å². The summed E-state index contributed by atoms with van der Waals surface area (Å²) in [6.45, 7) is 0. The van der Waals surface area contributed by atoms with Gasteiger partial charge in [0.25, 0.3) is 0 Å². The molecule has 1 aromatic heterocycles. The largest absolute Gasteiger partial charge is 0.467 e. The molecule has 0 aliphatic rings. The molecule has 0 radical (unpaired) electrons. The van der Waals surface area contributed by atoms with Crippen LogP contribution >= 0.6 is 0 Å². The van der Waals surface area contributed by atoms with Gasteiger partial charge in [0, 0.05) is 12.7 Å². The predicted octanol–water partition coefficient (Wildman–Crippen LogP) is 2.52. The number of hydrogen-bond donors (Lipinski definition) is 1. The summed E-state index contributed by atoms with van der Waals surface area (Å²) in [4.78, 5) is 12.1. The summed E-state index contributed by atoms with van der Waals surface area (Å²) in [7, 11) is -1.25. The Bertz CT molecular complexity index is 1080. The number of nitrogens with zero attached hydrogens (tertiary/aromatic N) is 1. The van der Waals surface area contributed by atoms with Gasteiger partial charge in [-0.3, -0.25) is 0 Å². The summed E-state index contributed by atoms with van der Waals surface area (Å²) < 4.78 is 38.6. The average Bonchev–Trinajstić information content (AvgIpc) is 3.13. The third kappa shape index (κ3) is 3.81. The lowest BCUT2D eigenvalue weighted by atomic mass is 9.97. The van der Waals surface area contributed by atoms with Crippen LogP contribution in [0.15, 0.2) is 64.0 Å². The second-order valence-corrected chi connectivity index (χ2v) is 7.41. The fraction of sp³-hybridized carbons (Fsp3) is 0.158. The van der Waals surface area contributed by atoms with Crippen LogP contribution in [0.3, 0.4) is 0 Å². The highest BCUT2D eigenvalue weighted by Crippen LogP contribution is 2.38. The molecule has 2 N–H and O–H groups in total. The smallest absolute Gasteiger partial charge is 0.343 e. The number of benzene rings is 2. The van der Waals surface area contributed by atoms with E-state index >= 15 is 0 Å². The lowest BCUT2D eigenvalue weighted by molar-refractivity contribution is -0.153. The summed E-state index contributed by atoms with van der Waals surface area (Å²) in [6.07, 6.45) is -1.14. The second-order valence-electron chi connectivity index (χ2n) is 5.84. The Kier molecular flexibility index (Phi) is 5.59. The molecule has 2 aromatic carbocycles. The molecule has 0 spiro atoms. The summed E-state index contributed by atoms with van der Waals surface area (Å²) in [5, 5.41) is 9.28. The number of nitrogens with two attached hydrogens (primary N) is 1. The molecule has 0 aliphatic heterocycles. The lowest BCUT2D eigenvalue weighted by Crippen LogP contribution is -2.16. The third-order valence-corrected chi connectivity index (χ3v) is 5.06. The maximum Gasteiger partial charge on any atom is 0.343 e. The molecular formula is C19H18N2O6S. The van der Waals surface area contributed by atoms with Crippen LogP contribution in [0.5, 0.6) is 0 Å². The molecular weight excluding hydrogens is 384 g/mol. The number of sulfonamides is 1. The van der Waals surface area contributed by atoms with Gasteiger partial charge in [-0.25, -0.2) is 18.4 Å². The van der Waals surface area contributed by atoms with Crippen LogP contribution in [0.2, 0.25) is 0 Å². The number of esters is 1. The molecule has 146 valence electrons. The lowest BCUT2D eigenvalue weighted by Gasteiger charge is -2.12. The van der Waals surface area contributed by atoms with Gasteiger partial charge in [0.2, 0.25) is 16.1 Å². The number of rotatable bonds is 6. The molecule has 0 amide bonds. The van der Waals surface area contributed by atoms with Crippen molar-refractivity contribution >= 4 is 16.0 Å². The highest BCUT2D eigenvalue weighted by atomic mass is 32.2. The van der Waals surface area contributed by atoms with E-state index in [0.717, 1.165) is 5.56 Å². The highest BCUT2D eigenvalue weighted by Gasteiger charge is 2.32. The topological polar surface area (TPSA) is 122 Å². The number of ether oxygens (including phenoxy) is 2. The van der Waals surface area contributed by atoms with Crippen LogP contribution < -0.4 is 5.14 Å². The normalized spacial score (nSPS) is 12.5. The van der Waals surface area contributed by atoms with Crippen LogP contribution in [0, 0.1) is 0 Å². The van der Waals surface area contributed by atoms with Gasteiger partial charge in [-0.2, -0.15) is 0 Å². The molecule has 0 saturated carbocycles. The molecule has 0 bridgehead atoms. The first-order valence-corrected chi connectivity index (χ1v) is 9.70. The van der Waals surface area contributed by atoms with Crippen molar-refractivity contribution in [3.63, 3.8) is 0 Å². The van der Waals surface area contributed by atoms with E-state index in [2.05, 4.69) is 5.16 Å². The molecule has 0 fully saturated rings. The second kappa shape index (κ2) is 7.93. The van der Waals surface area contributed by atoms with Crippen LogP contribution in [0.1, 0.15) is 11.9 Å². The standard InChI is InChI=1S/C19H18N2O6S/c1-25-18(19(22)26-2)17-15(12-8-10-14(11-9-12)28(20,23)24)16(21-27-17)13-6-4-3-5-7-13/h3-11,18H,1-2H3,(H2,20,23,24). The molecule has 1 atom stereocenters. The van der Waals surface area contributed by atoms with Gasteiger partial charge in [-0.1, -0.05) is 47.6 Å². The molecule has 1 unspecified atom stereocenters. The molecule has 8 nitrogen and oxygen atoms in total. The zero-order valence-corrected chi connectivity index (χ0v) is 16.0. The van der Waals surface area contributed by atoms with Gasteiger partial charge >= 0.3 is 5.97 Å². The van der Waals surface area contributed by atoms with E-state index in [1.807, 2.05) is 30.3 Å². The van der Waals surface area contributed by atoms with Crippen molar-refractivity contribution in [1.29, 1.82) is 0 Å². The molecule has 28 heavy (non-hydrogen) atoms. The minimum atomic E-state index is -3.84. The first-order valence-electron chi connectivity index (χ1n) is 8.15. The molecule has 0 saturated heterocycles. The van der Waals surface area contributed by atoms with Gasteiger partial charge in [-0.05, 0) is 17.7 Å². The van der Waals surface area contributed by atoms with Crippen LogP contribution in [0.25, 0.3) is 22.4 Å².